The second kappa shape index (κ2) is 4.59. The van der Waals surface area contributed by atoms with Crippen molar-refractivity contribution in [1.82, 2.24) is 4.98 Å². The Balaban J connectivity index is 1.94. The molecule has 7 heteroatoms. The molecule has 5 nitrogen and oxygen atoms in total. The van der Waals surface area contributed by atoms with E-state index in [2.05, 4.69) is 10.3 Å². The topological polar surface area (TPSA) is 68.3 Å². The summed E-state index contributed by atoms with van der Waals surface area (Å²) in [6.07, 6.45) is 2.50. The van der Waals surface area contributed by atoms with Gasteiger partial charge in [-0.15, -0.1) is 0 Å². The lowest BCUT2D eigenvalue weighted by molar-refractivity contribution is -0.165. The molecule has 3 rings (SSSR count). The average Bonchev–Trinajstić information content (AvgIpc) is 2.72. The molecule has 2 heterocycles. The number of halogens is 2. The molecule has 0 aromatic carbocycles. The lowest BCUT2D eigenvalue weighted by Crippen LogP contribution is -2.50. The number of aromatic nitrogens is 1. The van der Waals surface area contributed by atoms with E-state index in [9.17, 15) is 9.59 Å². The van der Waals surface area contributed by atoms with Gasteiger partial charge < -0.3 is 10.1 Å². The van der Waals surface area contributed by atoms with E-state index in [-0.39, 0.29) is 16.8 Å². The summed E-state index contributed by atoms with van der Waals surface area (Å²) in [5.41, 5.74) is -2.45. The molecule has 118 valence electrons. The van der Waals surface area contributed by atoms with E-state index in [1.54, 1.807) is 0 Å². The first-order valence-corrected chi connectivity index (χ1v) is 7.76. The number of carbonyl (C=O) groups excluding carboxylic acids is 2. The van der Waals surface area contributed by atoms with Gasteiger partial charge in [-0.2, -0.15) is 0 Å². The molecule has 1 aromatic rings. The minimum Gasteiger partial charge on any atom is -0.448 e. The Bertz CT molecular complexity index is 691. The van der Waals surface area contributed by atoms with Crippen LogP contribution < -0.4 is 5.32 Å². The Kier molecular flexibility index (Phi) is 3.24. The smallest absolute Gasteiger partial charge is 0.313 e. The number of anilines is 1. The van der Waals surface area contributed by atoms with Crippen molar-refractivity contribution in [1.29, 1.82) is 0 Å². The van der Waals surface area contributed by atoms with Crippen molar-refractivity contribution in [2.45, 2.75) is 39.2 Å². The van der Waals surface area contributed by atoms with E-state index < -0.39 is 22.3 Å². The van der Waals surface area contributed by atoms with Crippen LogP contribution in [0.5, 0.6) is 0 Å². The van der Waals surface area contributed by atoms with E-state index in [1.807, 2.05) is 20.8 Å². The lowest BCUT2D eigenvalue weighted by atomic mass is 9.66. The third-order valence-electron chi connectivity index (χ3n) is 5.49. The Hall–Kier alpha value is -1.33. The van der Waals surface area contributed by atoms with Crippen LogP contribution in [0.4, 0.5) is 5.82 Å². The van der Waals surface area contributed by atoms with Gasteiger partial charge in [0.25, 0.3) is 5.91 Å². The normalized spacial score (nSPS) is 32.0. The monoisotopic (exact) mass is 342 g/mol. The number of carbonyl (C=O) groups is 2. The van der Waals surface area contributed by atoms with Crippen LogP contribution >= 0.6 is 23.2 Å². The summed E-state index contributed by atoms with van der Waals surface area (Å²) in [6.45, 7) is 5.63. The van der Waals surface area contributed by atoms with Crippen LogP contribution in [0.15, 0.2) is 12.3 Å². The number of pyridine rings is 1. The predicted octanol–water partition coefficient (Wildman–Crippen LogP) is 3.45. The summed E-state index contributed by atoms with van der Waals surface area (Å²) >= 11 is 11.8. The Morgan fingerprint density at radius 1 is 1.32 bits per heavy atom. The molecule has 1 aromatic heterocycles. The number of esters is 1. The van der Waals surface area contributed by atoms with E-state index in [4.69, 9.17) is 27.9 Å². The molecule has 1 aliphatic carbocycles. The SMILES string of the molecule is CC12CCC(C(=O)Nc3ncc(Cl)cc3Cl)(OC1=O)C2(C)C. The first-order chi connectivity index (χ1) is 10.1. The second-order valence-corrected chi connectivity index (χ2v) is 7.46. The standard InChI is InChI=1S/C15H16Cl2N2O3/c1-13(2)14(3)4-5-15(13,22-12(14)21)11(20)19-10-9(17)6-8(16)7-18-10/h6-7H,4-5H2,1-3H3,(H,18,19,20). The van der Waals surface area contributed by atoms with Gasteiger partial charge in [0.05, 0.1) is 15.5 Å². The molecule has 1 saturated heterocycles. The van der Waals surface area contributed by atoms with E-state index in [0.717, 1.165) is 0 Å². The van der Waals surface area contributed by atoms with Crippen LogP contribution in [-0.2, 0) is 14.3 Å². The van der Waals surface area contributed by atoms with Gasteiger partial charge in [0.2, 0.25) is 0 Å². The molecule has 1 saturated carbocycles. The van der Waals surface area contributed by atoms with Crippen LogP contribution in [-0.4, -0.2) is 22.5 Å². The van der Waals surface area contributed by atoms with E-state index in [0.29, 0.717) is 17.9 Å². The van der Waals surface area contributed by atoms with Crippen molar-refractivity contribution in [2.75, 3.05) is 5.32 Å². The molecule has 0 spiro atoms. The maximum atomic E-state index is 12.8. The highest BCUT2D eigenvalue weighted by Crippen LogP contribution is 2.65. The third kappa shape index (κ3) is 1.75. The van der Waals surface area contributed by atoms with Crippen LogP contribution in [0, 0.1) is 10.8 Å². The quantitative estimate of drug-likeness (QED) is 0.835. The molecule has 1 amide bonds. The number of nitrogens with zero attached hydrogens (tertiary/aromatic N) is 1. The maximum absolute atomic E-state index is 12.8. The minimum atomic E-state index is -1.19. The molecular weight excluding hydrogens is 327 g/mol. The first-order valence-electron chi connectivity index (χ1n) is 7.00. The number of nitrogens with one attached hydrogen (secondary N) is 1. The van der Waals surface area contributed by atoms with Crippen molar-refractivity contribution < 1.29 is 14.3 Å². The number of fused-ring (bicyclic) bond motifs is 2. The van der Waals surface area contributed by atoms with Gasteiger partial charge in [0.15, 0.2) is 11.4 Å². The molecule has 2 fully saturated rings. The van der Waals surface area contributed by atoms with Gasteiger partial charge >= 0.3 is 5.97 Å². The van der Waals surface area contributed by atoms with Gasteiger partial charge in [-0.3, -0.25) is 9.59 Å². The Morgan fingerprint density at radius 2 is 2.00 bits per heavy atom. The van der Waals surface area contributed by atoms with E-state index in [1.165, 1.54) is 12.3 Å². The summed E-state index contributed by atoms with van der Waals surface area (Å²) < 4.78 is 5.52. The van der Waals surface area contributed by atoms with Gasteiger partial charge in [0, 0.05) is 11.6 Å². The van der Waals surface area contributed by atoms with Crippen molar-refractivity contribution >= 4 is 40.9 Å². The van der Waals surface area contributed by atoms with Crippen LogP contribution in [0.3, 0.4) is 0 Å². The van der Waals surface area contributed by atoms with Crippen molar-refractivity contribution in [3.8, 4) is 0 Å². The van der Waals surface area contributed by atoms with Crippen LogP contribution in [0.2, 0.25) is 10.0 Å². The third-order valence-corrected chi connectivity index (χ3v) is 5.98. The Labute approximate surface area is 138 Å². The molecular formula is C15H16Cl2N2O3. The summed E-state index contributed by atoms with van der Waals surface area (Å²) in [5.74, 6) is -0.518. The highest BCUT2D eigenvalue weighted by Gasteiger charge is 2.75. The maximum Gasteiger partial charge on any atom is 0.313 e. The van der Waals surface area contributed by atoms with Crippen molar-refractivity contribution in [2.24, 2.45) is 10.8 Å². The zero-order chi connectivity index (χ0) is 16.3. The zero-order valence-electron chi connectivity index (χ0n) is 12.5. The van der Waals surface area contributed by atoms with Gasteiger partial charge in [0.1, 0.15) is 0 Å². The first kappa shape index (κ1) is 15.6. The molecule has 22 heavy (non-hydrogen) atoms. The van der Waals surface area contributed by atoms with Crippen LogP contribution in [0.25, 0.3) is 0 Å². The fourth-order valence-electron chi connectivity index (χ4n) is 3.46. The van der Waals surface area contributed by atoms with Gasteiger partial charge in [-0.1, -0.05) is 37.0 Å². The molecule has 2 unspecified atom stereocenters. The number of amides is 1. The number of hydrogen-bond donors (Lipinski definition) is 1. The van der Waals surface area contributed by atoms with Crippen molar-refractivity contribution in [3.63, 3.8) is 0 Å². The van der Waals surface area contributed by atoms with Gasteiger partial charge in [-0.25, -0.2) is 4.98 Å². The van der Waals surface area contributed by atoms with Gasteiger partial charge in [-0.05, 0) is 25.8 Å². The summed E-state index contributed by atoms with van der Waals surface area (Å²) in [6, 6.07) is 1.49. The molecule has 2 bridgehead atoms. The second-order valence-electron chi connectivity index (χ2n) is 6.61. The number of hydrogen-bond acceptors (Lipinski definition) is 4. The van der Waals surface area contributed by atoms with Crippen LogP contribution in [0.1, 0.15) is 33.6 Å². The summed E-state index contributed by atoms with van der Waals surface area (Å²) in [7, 11) is 0. The molecule has 2 atom stereocenters. The lowest BCUT2D eigenvalue weighted by Gasteiger charge is -2.35. The fourth-order valence-corrected chi connectivity index (χ4v) is 3.89. The van der Waals surface area contributed by atoms with Crippen molar-refractivity contribution in [3.05, 3.63) is 22.3 Å². The molecule has 0 radical (unpaired) electrons. The molecule has 1 N–H and O–H groups in total. The largest absolute Gasteiger partial charge is 0.448 e. The average molecular weight is 343 g/mol. The summed E-state index contributed by atoms with van der Waals surface area (Å²) in [4.78, 5) is 29.0. The predicted molar refractivity (Wildman–Crippen MR) is 82.8 cm³/mol. The number of rotatable bonds is 2. The highest BCUT2D eigenvalue weighted by atomic mass is 35.5. The minimum absolute atomic E-state index is 0.206. The highest BCUT2D eigenvalue weighted by molar-refractivity contribution is 6.36. The zero-order valence-corrected chi connectivity index (χ0v) is 14.0. The summed E-state index contributed by atoms with van der Waals surface area (Å²) in [5, 5.41) is 3.29. The molecule has 2 aliphatic rings. The fraction of sp³-hybridized carbons (Fsp3) is 0.533. The van der Waals surface area contributed by atoms with E-state index >= 15 is 0 Å². The number of ether oxygens (including phenoxy) is 1. The Morgan fingerprint density at radius 3 is 2.50 bits per heavy atom. The molecule has 1 aliphatic heterocycles.